The van der Waals surface area contributed by atoms with Crippen LogP contribution in [0.5, 0.6) is 0 Å². The van der Waals surface area contributed by atoms with E-state index in [1.807, 2.05) is 23.9 Å². The van der Waals surface area contributed by atoms with Crippen molar-refractivity contribution in [3.8, 4) is 0 Å². The number of likely N-dealkylation sites (N-methyl/N-ethyl adjacent to an activating group) is 2. The van der Waals surface area contributed by atoms with Crippen LogP contribution < -0.4 is 5.32 Å². The van der Waals surface area contributed by atoms with Crippen molar-refractivity contribution in [1.29, 1.82) is 0 Å². The van der Waals surface area contributed by atoms with Gasteiger partial charge in [0.05, 0.1) is 23.4 Å². The van der Waals surface area contributed by atoms with Gasteiger partial charge in [-0.1, -0.05) is 13.8 Å². The molecule has 2 heterocycles. The first-order valence-electron chi connectivity index (χ1n) is 9.32. The monoisotopic (exact) mass is 351 g/mol. The van der Waals surface area contributed by atoms with Crippen molar-refractivity contribution >= 4 is 11.3 Å². The minimum atomic E-state index is 0.166. The second-order valence-electron chi connectivity index (χ2n) is 8.59. The third-order valence-corrected chi connectivity index (χ3v) is 6.52. The van der Waals surface area contributed by atoms with Gasteiger partial charge in [0.25, 0.3) is 0 Å². The molecule has 1 aromatic heterocycles. The Hall–Kier alpha value is -0.490. The molecule has 0 bridgehead atoms. The summed E-state index contributed by atoms with van der Waals surface area (Å²) in [6.45, 7) is 8.73. The highest BCUT2D eigenvalue weighted by atomic mass is 32.1. The number of nitrogens with zero attached hydrogens (tertiary/aromatic N) is 2. The maximum atomic E-state index is 6.27. The highest BCUT2D eigenvalue weighted by Crippen LogP contribution is 2.50. The molecule has 4 nitrogen and oxygen atoms in total. The molecular formula is C19H33N3OS. The lowest BCUT2D eigenvalue weighted by Gasteiger charge is -2.37. The summed E-state index contributed by atoms with van der Waals surface area (Å²) in [5.41, 5.74) is 3.92. The fourth-order valence-electron chi connectivity index (χ4n) is 4.42. The van der Waals surface area contributed by atoms with Gasteiger partial charge >= 0.3 is 0 Å². The topological polar surface area (TPSA) is 37.4 Å². The van der Waals surface area contributed by atoms with Gasteiger partial charge in [0.15, 0.2) is 0 Å². The van der Waals surface area contributed by atoms with E-state index in [0.29, 0.717) is 11.3 Å². The van der Waals surface area contributed by atoms with Gasteiger partial charge in [-0.2, -0.15) is 0 Å². The number of nitrogens with one attached hydrogen (secondary N) is 1. The van der Waals surface area contributed by atoms with Crippen molar-refractivity contribution < 1.29 is 4.74 Å². The Morgan fingerprint density at radius 3 is 2.75 bits per heavy atom. The largest absolute Gasteiger partial charge is 0.374 e. The molecule has 2 aliphatic rings. The molecule has 1 aromatic rings. The van der Waals surface area contributed by atoms with Gasteiger partial charge in [-0.3, -0.25) is 4.90 Å². The van der Waals surface area contributed by atoms with Gasteiger partial charge < -0.3 is 10.1 Å². The summed E-state index contributed by atoms with van der Waals surface area (Å²) < 4.78 is 6.27. The van der Waals surface area contributed by atoms with Crippen LogP contribution in [0, 0.1) is 5.41 Å². The molecule has 1 aliphatic heterocycles. The lowest BCUT2D eigenvalue weighted by atomic mass is 9.72. The summed E-state index contributed by atoms with van der Waals surface area (Å²) in [4.78, 5) is 8.60. The Balaban J connectivity index is 1.58. The summed E-state index contributed by atoms with van der Waals surface area (Å²) in [6.07, 6.45) is 6.09. The second kappa shape index (κ2) is 7.40. The number of thiazole rings is 1. The van der Waals surface area contributed by atoms with E-state index in [2.05, 4.69) is 31.1 Å². The van der Waals surface area contributed by atoms with Crippen molar-refractivity contribution in [2.75, 3.05) is 33.8 Å². The zero-order chi connectivity index (χ0) is 17.2. The number of aromatic nitrogens is 1. The third kappa shape index (κ3) is 4.18. The van der Waals surface area contributed by atoms with Crippen LogP contribution in [0.3, 0.4) is 0 Å². The van der Waals surface area contributed by atoms with Crippen LogP contribution in [0.4, 0.5) is 0 Å². The van der Waals surface area contributed by atoms with Crippen LogP contribution in [-0.4, -0.2) is 49.3 Å². The maximum Gasteiger partial charge on any atom is 0.0798 e. The lowest BCUT2D eigenvalue weighted by Crippen LogP contribution is -2.34. The highest BCUT2D eigenvalue weighted by molar-refractivity contribution is 7.09. The molecule has 24 heavy (non-hydrogen) atoms. The molecule has 5 heteroatoms. The average Bonchev–Trinajstić information content (AvgIpc) is 3.11. The smallest absolute Gasteiger partial charge is 0.0798 e. The van der Waals surface area contributed by atoms with E-state index in [9.17, 15) is 0 Å². The quantitative estimate of drug-likeness (QED) is 0.849. The van der Waals surface area contributed by atoms with Crippen LogP contribution in [-0.2, 0) is 11.3 Å². The minimum Gasteiger partial charge on any atom is -0.374 e. The Bertz CT molecular complexity index is 534. The summed E-state index contributed by atoms with van der Waals surface area (Å²) >= 11 is 1.82. The minimum absolute atomic E-state index is 0.166. The van der Waals surface area contributed by atoms with Crippen molar-refractivity contribution in [3.63, 3.8) is 0 Å². The van der Waals surface area contributed by atoms with Crippen molar-refractivity contribution in [2.24, 2.45) is 5.41 Å². The molecule has 1 N–H and O–H groups in total. The molecule has 2 fully saturated rings. The van der Waals surface area contributed by atoms with Gasteiger partial charge in [0.2, 0.25) is 0 Å². The van der Waals surface area contributed by atoms with E-state index in [-0.39, 0.29) is 5.60 Å². The zero-order valence-corrected chi connectivity index (χ0v) is 16.5. The summed E-state index contributed by atoms with van der Waals surface area (Å²) in [5.74, 6) is 0.627. The van der Waals surface area contributed by atoms with Gasteiger partial charge in [-0.15, -0.1) is 11.3 Å². The molecule has 1 saturated heterocycles. The number of ether oxygens (including phenoxy) is 1. The number of hydrogen-bond acceptors (Lipinski definition) is 5. The third-order valence-electron chi connectivity index (χ3n) is 5.68. The fourth-order valence-corrected chi connectivity index (χ4v) is 5.35. The van der Waals surface area contributed by atoms with Crippen molar-refractivity contribution in [3.05, 3.63) is 16.1 Å². The second-order valence-corrected chi connectivity index (χ2v) is 9.53. The number of hydrogen-bond donors (Lipinski definition) is 1. The number of rotatable bonds is 6. The van der Waals surface area contributed by atoms with E-state index < -0.39 is 0 Å². The molecule has 0 radical (unpaired) electrons. The Morgan fingerprint density at radius 1 is 1.38 bits per heavy atom. The van der Waals surface area contributed by atoms with E-state index in [0.717, 1.165) is 26.2 Å². The first-order chi connectivity index (χ1) is 11.4. The van der Waals surface area contributed by atoms with Gasteiger partial charge in [-0.25, -0.2) is 4.98 Å². The zero-order valence-electron chi connectivity index (χ0n) is 15.7. The SMILES string of the molecule is CNCCN(C)Cc1scnc1C1CCC2(CC1)CC(C)(C)CO2. The highest BCUT2D eigenvalue weighted by Gasteiger charge is 2.46. The fraction of sp³-hybridized carbons (Fsp3) is 0.842. The molecule has 0 unspecified atom stereocenters. The van der Waals surface area contributed by atoms with E-state index in [1.54, 1.807) is 0 Å². The molecular weight excluding hydrogens is 318 g/mol. The van der Waals surface area contributed by atoms with Crippen molar-refractivity contribution in [2.45, 2.75) is 64.0 Å². The van der Waals surface area contributed by atoms with Crippen molar-refractivity contribution in [1.82, 2.24) is 15.2 Å². The summed E-state index contributed by atoms with van der Waals surface area (Å²) in [7, 11) is 4.21. The van der Waals surface area contributed by atoms with Gasteiger partial charge in [0, 0.05) is 30.4 Å². The molecule has 1 spiro atoms. The van der Waals surface area contributed by atoms with Crippen LogP contribution in [0.1, 0.15) is 62.4 Å². The van der Waals surface area contributed by atoms with Crippen LogP contribution >= 0.6 is 11.3 Å². The summed E-state index contributed by atoms with van der Waals surface area (Å²) in [6, 6.07) is 0. The summed E-state index contributed by atoms with van der Waals surface area (Å²) in [5, 5.41) is 3.22. The molecule has 0 amide bonds. The van der Waals surface area contributed by atoms with E-state index in [4.69, 9.17) is 9.72 Å². The van der Waals surface area contributed by atoms with Crippen LogP contribution in [0.2, 0.25) is 0 Å². The standard InChI is InChI=1S/C19H33N3OS/c1-18(2)12-19(23-13-18)7-5-15(6-8-19)17-16(24-14-21-17)11-22(4)10-9-20-3/h14-15,20H,5-13H2,1-4H3. The maximum absolute atomic E-state index is 6.27. The Kier molecular flexibility index (Phi) is 5.65. The predicted molar refractivity (Wildman–Crippen MR) is 101 cm³/mol. The lowest BCUT2D eigenvalue weighted by molar-refractivity contribution is -0.0296. The van der Waals surface area contributed by atoms with Gasteiger partial charge in [0.1, 0.15) is 0 Å². The molecule has 136 valence electrons. The molecule has 3 rings (SSSR count). The first kappa shape index (κ1) is 18.3. The normalized spacial score (nSPS) is 29.6. The van der Waals surface area contributed by atoms with E-state index in [1.165, 1.54) is 42.7 Å². The molecule has 0 aromatic carbocycles. The Morgan fingerprint density at radius 2 is 2.12 bits per heavy atom. The molecule has 0 atom stereocenters. The van der Waals surface area contributed by atoms with E-state index >= 15 is 0 Å². The molecule has 1 saturated carbocycles. The average molecular weight is 352 g/mol. The predicted octanol–water partition coefficient (Wildman–Crippen LogP) is 3.64. The first-order valence-corrected chi connectivity index (χ1v) is 10.2. The van der Waals surface area contributed by atoms with Gasteiger partial charge in [-0.05, 0) is 51.6 Å². The van der Waals surface area contributed by atoms with Crippen LogP contribution in [0.25, 0.3) is 0 Å². The Labute approximate surface area is 151 Å². The molecule has 1 aliphatic carbocycles. The van der Waals surface area contributed by atoms with Crippen LogP contribution in [0.15, 0.2) is 5.51 Å².